The summed E-state index contributed by atoms with van der Waals surface area (Å²) in [7, 11) is 0. The molecule has 0 saturated heterocycles. The number of hydrogen-bond acceptors (Lipinski definition) is 8. The van der Waals surface area contributed by atoms with E-state index in [9.17, 15) is 0 Å². The van der Waals surface area contributed by atoms with E-state index in [1.807, 2.05) is 26.0 Å². The molecule has 3 heterocycles. The average molecular weight is 346 g/mol. The molecule has 3 rings (SSSR count). The maximum absolute atomic E-state index is 5.91. The molecule has 9 heteroatoms. The van der Waals surface area contributed by atoms with E-state index < -0.39 is 0 Å². The van der Waals surface area contributed by atoms with Crippen molar-refractivity contribution in [1.29, 1.82) is 0 Å². The standard InChI is InChI=1S/C15H16ClN7O/c1-8(2)12(20-11-7-10(16)19-15(17)21-11)14-22-13(23-24-14)9-3-5-18-6-4-9/h3-8,12H,1-2H3,(H3,17,19,20,21). The van der Waals surface area contributed by atoms with E-state index in [2.05, 4.69) is 30.4 Å². The smallest absolute Gasteiger partial charge is 0.249 e. The highest BCUT2D eigenvalue weighted by Crippen LogP contribution is 2.27. The summed E-state index contributed by atoms with van der Waals surface area (Å²) in [5.74, 6) is 1.70. The molecule has 0 saturated carbocycles. The zero-order chi connectivity index (χ0) is 17.1. The summed E-state index contributed by atoms with van der Waals surface area (Å²) in [5.41, 5.74) is 6.46. The second-order valence-corrected chi connectivity index (χ2v) is 5.88. The number of nitrogens with zero attached hydrogens (tertiary/aromatic N) is 5. The zero-order valence-electron chi connectivity index (χ0n) is 13.1. The van der Waals surface area contributed by atoms with Crippen LogP contribution in [0.15, 0.2) is 35.1 Å². The number of nitrogens with two attached hydrogens (primary N) is 1. The molecule has 0 aliphatic carbocycles. The first-order valence-corrected chi connectivity index (χ1v) is 7.71. The molecule has 24 heavy (non-hydrogen) atoms. The third kappa shape index (κ3) is 3.60. The van der Waals surface area contributed by atoms with Gasteiger partial charge in [0, 0.05) is 24.0 Å². The maximum atomic E-state index is 5.91. The SMILES string of the molecule is CC(C)C(Nc1cc(Cl)nc(N)n1)c1nc(-c2ccncc2)no1. The lowest BCUT2D eigenvalue weighted by Gasteiger charge is -2.19. The maximum Gasteiger partial charge on any atom is 0.249 e. The number of anilines is 2. The number of aromatic nitrogens is 5. The Morgan fingerprint density at radius 1 is 1.17 bits per heavy atom. The van der Waals surface area contributed by atoms with Crippen molar-refractivity contribution in [2.45, 2.75) is 19.9 Å². The van der Waals surface area contributed by atoms with Crippen molar-refractivity contribution in [1.82, 2.24) is 25.1 Å². The van der Waals surface area contributed by atoms with E-state index in [4.69, 9.17) is 21.9 Å². The summed E-state index contributed by atoms with van der Waals surface area (Å²) >= 11 is 5.91. The van der Waals surface area contributed by atoms with Gasteiger partial charge < -0.3 is 15.6 Å². The highest BCUT2D eigenvalue weighted by Gasteiger charge is 2.23. The van der Waals surface area contributed by atoms with Crippen molar-refractivity contribution >= 4 is 23.4 Å². The van der Waals surface area contributed by atoms with E-state index in [0.29, 0.717) is 17.5 Å². The zero-order valence-corrected chi connectivity index (χ0v) is 13.9. The number of rotatable bonds is 5. The highest BCUT2D eigenvalue weighted by atomic mass is 35.5. The van der Waals surface area contributed by atoms with Crippen LogP contribution in [0.25, 0.3) is 11.4 Å². The van der Waals surface area contributed by atoms with Crippen LogP contribution in [0, 0.1) is 5.92 Å². The molecule has 0 spiro atoms. The number of hydrogen-bond donors (Lipinski definition) is 2. The molecule has 0 fully saturated rings. The lowest BCUT2D eigenvalue weighted by atomic mass is 10.0. The molecule has 0 bridgehead atoms. The van der Waals surface area contributed by atoms with E-state index in [1.165, 1.54) is 0 Å². The van der Waals surface area contributed by atoms with Gasteiger partial charge >= 0.3 is 0 Å². The Hall–Kier alpha value is -2.74. The molecule has 1 unspecified atom stereocenters. The molecule has 0 radical (unpaired) electrons. The van der Waals surface area contributed by atoms with Crippen molar-refractivity contribution in [3.8, 4) is 11.4 Å². The Balaban J connectivity index is 1.87. The Morgan fingerprint density at radius 3 is 2.58 bits per heavy atom. The van der Waals surface area contributed by atoms with E-state index in [0.717, 1.165) is 5.56 Å². The first kappa shape index (κ1) is 16.1. The third-order valence-corrected chi connectivity index (χ3v) is 3.52. The molecule has 3 aromatic heterocycles. The van der Waals surface area contributed by atoms with Crippen LogP contribution in [0.2, 0.25) is 5.15 Å². The van der Waals surface area contributed by atoms with Gasteiger partial charge in [0.1, 0.15) is 17.0 Å². The van der Waals surface area contributed by atoms with Crippen LogP contribution in [0.5, 0.6) is 0 Å². The third-order valence-electron chi connectivity index (χ3n) is 3.33. The lowest BCUT2D eigenvalue weighted by Crippen LogP contribution is -2.18. The molecule has 8 nitrogen and oxygen atoms in total. The van der Waals surface area contributed by atoms with E-state index in [1.54, 1.807) is 18.5 Å². The second-order valence-electron chi connectivity index (χ2n) is 5.49. The van der Waals surface area contributed by atoms with Gasteiger partial charge in [-0.15, -0.1) is 0 Å². The van der Waals surface area contributed by atoms with Gasteiger partial charge in [0.15, 0.2) is 0 Å². The van der Waals surface area contributed by atoms with Gasteiger partial charge in [0.25, 0.3) is 0 Å². The fourth-order valence-electron chi connectivity index (χ4n) is 2.16. The monoisotopic (exact) mass is 345 g/mol. The molecule has 0 aliphatic rings. The van der Waals surface area contributed by atoms with Crippen molar-refractivity contribution in [3.63, 3.8) is 0 Å². The van der Waals surface area contributed by atoms with Gasteiger partial charge in [-0.1, -0.05) is 30.6 Å². The van der Waals surface area contributed by atoms with Crippen molar-refractivity contribution < 1.29 is 4.52 Å². The van der Waals surface area contributed by atoms with Crippen LogP contribution in [0.4, 0.5) is 11.8 Å². The largest absolute Gasteiger partial charge is 0.368 e. The van der Waals surface area contributed by atoms with Crippen molar-refractivity contribution in [3.05, 3.63) is 41.6 Å². The van der Waals surface area contributed by atoms with Crippen molar-refractivity contribution in [2.24, 2.45) is 5.92 Å². The molecule has 0 aromatic carbocycles. The summed E-state index contributed by atoms with van der Waals surface area (Å²) < 4.78 is 5.42. The van der Waals surface area contributed by atoms with Crippen LogP contribution in [0.3, 0.4) is 0 Å². The Labute approximate surface area is 143 Å². The fraction of sp³-hybridized carbons (Fsp3) is 0.267. The highest BCUT2D eigenvalue weighted by molar-refractivity contribution is 6.29. The van der Waals surface area contributed by atoms with Gasteiger partial charge in [-0.3, -0.25) is 4.98 Å². The topological polar surface area (TPSA) is 116 Å². The van der Waals surface area contributed by atoms with E-state index >= 15 is 0 Å². The summed E-state index contributed by atoms with van der Waals surface area (Å²) in [6.07, 6.45) is 3.35. The van der Waals surface area contributed by atoms with Crippen molar-refractivity contribution in [2.75, 3.05) is 11.1 Å². The first-order chi connectivity index (χ1) is 11.5. The molecule has 1 atom stereocenters. The Morgan fingerprint density at radius 2 is 1.92 bits per heavy atom. The van der Waals surface area contributed by atoms with Crippen LogP contribution >= 0.6 is 11.6 Å². The Kier molecular flexibility index (Phi) is 4.57. The van der Waals surface area contributed by atoms with Gasteiger partial charge in [-0.2, -0.15) is 9.97 Å². The summed E-state index contributed by atoms with van der Waals surface area (Å²) in [6, 6.07) is 4.97. The lowest BCUT2D eigenvalue weighted by molar-refractivity contribution is 0.335. The normalized spacial score (nSPS) is 12.3. The predicted octanol–water partition coefficient (Wildman–Crippen LogP) is 2.97. The molecular weight excluding hydrogens is 330 g/mol. The molecule has 3 N–H and O–H groups in total. The predicted molar refractivity (Wildman–Crippen MR) is 90.2 cm³/mol. The minimum absolute atomic E-state index is 0.0931. The summed E-state index contributed by atoms with van der Waals surface area (Å²) in [6.45, 7) is 4.06. The number of nitrogens with one attached hydrogen (secondary N) is 1. The van der Waals surface area contributed by atoms with Gasteiger partial charge in [-0.05, 0) is 18.1 Å². The van der Waals surface area contributed by atoms with Gasteiger partial charge in [-0.25, -0.2) is 4.98 Å². The summed E-state index contributed by atoms with van der Waals surface area (Å²) in [5, 5.41) is 7.51. The average Bonchev–Trinajstić information content (AvgIpc) is 3.02. The molecule has 124 valence electrons. The number of nitrogen functional groups attached to an aromatic ring is 1. The molecule has 0 aliphatic heterocycles. The molecule has 0 amide bonds. The number of halogens is 1. The minimum atomic E-state index is -0.251. The van der Waals surface area contributed by atoms with E-state index in [-0.39, 0.29) is 23.1 Å². The Bertz CT molecular complexity index is 801. The van der Waals surface area contributed by atoms with Crippen LogP contribution in [-0.2, 0) is 0 Å². The fourth-order valence-corrected chi connectivity index (χ4v) is 2.35. The van der Waals surface area contributed by atoms with Gasteiger partial charge in [0.05, 0.1) is 0 Å². The quantitative estimate of drug-likeness (QED) is 0.678. The first-order valence-electron chi connectivity index (χ1n) is 7.33. The molecular formula is C15H16ClN7O. The van der Waals surface area contributed by atoms with Gasteiger partial charge in [0.2, 0.25) is 17.7 Å². The van der Waals surface area contributed by atoms with Crippen LogP contribution in [0.1, 0.15) is 25.8 Å². The summed E-state index contributed by atoms with van der Waals surface area (Å²) in [4.78, 5) is 16.4. The van der Waals surface area contributed by atoms with Crippen LogP contribution < -0.4 is 11.1 Å². The minimum Gasteiger partial charge on any atom is -0.368 e. The van der Waals surface area contributed by atoms with Crippen LogP contribution in [-0.4, -0.2) is 25.1 Å². The number of pyridine rings is 1. The second kappa shape index (κ2) is 6.79. The molecule has 3 aromatic rings.